The summed E-state index contributed by atoms with van der Waals surface area (Å²) in [5.74, 6) is 1.93. The number of nitrogens with one attached hydrogen (secondary N) is 1. The zero-order chi connectivity index (χ0) is 17.6. The van der Waals surface area contributed by atoms with Crippen molar-refractivity contribution in [2.45, 2.75) is 13.8 Å². The van der Waals surface area contributed by atoms with Gasteiger partial charge in [-0.1, -0.05) is 0 Å². The maximum Gasteiger partial charge on any atom is 0.255 e. The van der Waals surface area contributed by atoms with Crippen molar-refractivity contribution in [1.29, 1.82) is 0 Å². The Labute approximate surface area is 145 Å². The fourth-order valence-corrected chi connectivity index (χ4v) is 3.90. The molecule has 2 aliphatic rings. The van der Waals surface area contributed by atoms with Gasteiger partial charge in [0.1, 0.15) is 12.1 Å². The third-order valence-corrected chi connectivity index (χ3v) is 5.41. The first-order valence-corrected chi connectivity index (χ1v) is 8.54. The molecule has 25 heavy (non-hydrogen) atoms. The van der Waals surface area contributed by atoms with Gasteiger partial charge in [0.2, 0.25) is 5.56 Å². The number of hydrogen-bond donors (Lipinski definition) is 1. The van der Waals surface area contributed by atoms with E-state index in [0.717, 1.165) is 43.3 Å². The van der Waals surface area contributed by atoms with Crippen molar-refractivity contribution in [3.63, 3.8) is 0 Å². The van der Waals surface area contributed by atoms with Crippen molar-refractivity contribution >= 4 is 11.7 Å². The number of hydrogen-bond acceptors (Lipinski definition) is 5. The smallest absolute Gasteiger partial charge is 0.255 e. The second-order valence-electron chi connectivity index (χ2n) is 6.98. The summed E-state index contributed by atoms with van der Waals surface area (Å²) in [6, 6.07) is 2.99. The van der Waals surface area contributed by atoms with Crippen molar-refractivity contribution in [3.05, 3.63) is 51.8 Å². The lowest BCUT2D eigenvalue weighted by atomic mass is 10.0. The summed E-state index contributed by atoms with van der Waals surface area (Å²) < 4.78 is 0. The SMILES string of the molecule is Cc1ncnc(N2CC3CN(C(=O)c4ccc(=O)[nH]c4)CC3C2)c1C. The van der Waals surface area contributed by atoms with Gasteiger partial charge in [-0.15, -0.1) is 0 Å². The van der Waals surface area contributed by atoms with Crippen molar-refractivity contribution < 1.29 is 4.79 Å². The van der Waals surface area contributed by atoms with E-state index in [4.69, 9.17) is 0 Å². The number of rotatable bonds is 2. The van der Waals surface area contributed by atoms with Crippen LogP contribution < -0.4 is 10.5 Å². The standard InChI is InChI=1S/C18H21N5O2/c1-11-12(2)20-10-21-17(11)22-6-14-8-23(9-15(14)7-22)18(25)13-3-4-16(24)19-5-13/h3-5,10,14-15H,6-9H2,1-2H3,(H,19,24). The minimum absolute atomic E-state index is 0.00809. The fourth-order valence-electron chi connectivity index (χ4n) is 3.90. The molecule has 1 amide bonds. The minimum atomic E-state index is -0.194. The number of H-pyrrole nitrogens is 1. The summed E-state index contributed by atoms with van der Waals surface area (Å²) in [6.07, 6.45) is 3.12. The van der Waals surface area contributed by atoms with Gasteiger partial charge in [0.25, 0.3) is 5.91 Å². The van der Waals surface area contributed by atoms with E-state index < -0.39 is 0 Å². The van der Waals surface area contributed by atoms with Crippen LogP contribution in [0.1, 0.15) is 21.6 Å². The van der Waals surface area contributed by atoms with Gasteiger partial charge in [-0.25, -0.2) is 9.97 Å². The molecular weight excluding hydrogens is 318 g/mol. The Balaban J connectivity index is 1.45. The minimum Gasteiger partial charge on any atom is -0.356 e. The number of fused-ring (bicyclic) bond motifs is 1. The molecule has 0 radical (unpaired) electrons. The highest BCUT2D eigenvalue weighted by Gasteiger charge is 2.42. The average Bonchev–Trinajstić information content (AvgIpc) is 3.16. The molecule has 4 rings (SSSR count). The Morgan fingerprint density at radius 1 is 1.12 bits per heavy atom. The van der Waals surface area contributed by atoms with Crippen LogP contribution in [-0.4, -0.2) is 51.9 Å². The molecule has 0 saturated carbocycles. The van der Waals surface area contributed by atoms with Crippen molar-refractivity contribution in [2.24, 2.45) is 11.8 Å². The first-order chi connectivity index (χ1) is 12.0. The molecule has 2 aromatic rings. The molecule has 2 atom stereocenters. The number of likely N-dealkylation sites (tertiary alicyclic amines) is 1. The van der Waals surface area contributed by atoms with E-state index in [0.29, 0.717) is 17.4 Å². The molecule has 2 aliphatic heterocycles. The number of aromatic nitrogens is 3. The van der Waals surface area contributed by atoms with Crippen LogP contribution in [0, 0.1) is 25.7 Å². The molecular formula is C18H21N5O2. The lowest BCUT2D eigenvalue weighted by Crippen LogP contribution is -2.34. The van der Waals surface area contributed by atoms with Gasteiger partial charge in [0.15, 0.2) is 0 Å². The van der Waals surface area contributed by atoms with E-state index in [1.54, 1.807) is 12.4 Å². The predicted molar refractivity (Wildman–Crippen MR) is 93.7 cm³/mol. The van der Waals surface area contributed by atoms with Gasteiger partial charge in [-0.3, -0.25) is 9.59 Å². The summed E-state index contributed by atoms with van der Waals surface area (Å²) in [5, 5.41) is 0. The molecule has 4 heterocycles. The number of nitrogens with zero attached hydrogens (tertiary/aromatic N) is 4. The lowest BCUT2D eigenvalue weighted by molar-refractivity contribution is 0.0782. The maximum atomic E-state index is 12.6. The van der Waals surface area contributed by atoms with Crippen LogP contribution in [0.3, 0.4) is 0 Å². The molecule has 0 aliphatic carbocycles. The van der Waals surface area contributed by atoms with Crippen LogP contribution in [0.5, 0.6) is 0 Å². The van der Waals surface area contributed by atoms with E-state index in [1.807, 2.05) is 11.8 Å². The highest BCUT2D eigenvalue weighted by molar-refractivity contribution is 5.94. The molecule has 7 nitrogen and oxygen atoms in total. The van der Waals surface area contributed by atoms with Crippen molar-refractivity contribution in [1.82, 2.24) is 19.9 Å². The van der Waals surface area contributed by atoms with Gasteiger partial charge in [-0.2, -0.15) is 0 Å². The second-order valence-corrected chi connectivity index (χ2v) is 6.98. The highest BCUT2D eigenvalue weighted by atomic mass is 16.2. The number of carbonyl (C=O) groups excluding carboxylic acids is 1. The molecule has 0 bridgehead atoms. The van der Waals surface area contributed by atoms with Gasteiger partial charge >= 0.3 is 0 Å². The molecule has 0 spiro atoms. The average molecular weight is 339 g/mol. The van der Waals surface area contributed by atoms with Crippen LogP contribution in [0.4, 0.5) is 5.82 Å². The summed E-state index contributed by atoms with van der Waals surface area (Å²) in [7, 11) is 0. The number of pyridine rings is 1. The van der Waals surface area contributed by atoms with Crippen molar-refractivity contribution in [3.8, 4) is 0 Å². The summed E-state index contributed by atoms with van der Waals surface area (Å²) in [5.41, 5.74) is 2.49. The number of anilines is 1. The molecule has 1 N–H and O–H groups in total. The summed E-state index contributed by atoms with van der Waals surface area (Å²) >= 11 is 0. The predicted octanol–water partition coefficient (Wildman–Crippen LogP) is 0.990. The topological polar surface area (TPSA) is 82.2 Å². The Hall–Kier alpha value is -2.70. The fraction of sp³-hybridized carbons (Fsp3) is 0.444. The molecule has 130 valence electrons. The third-order valence-electron chi connectivity index (χ3n) is 5.41. The van der Waals surface area contributed by atoms with Crippen LogP contribution in [0.15, 0.2) is 29.5 Å². The van der Waals surface area contributed by atoms with Crippen molar-refractivity contribution in [2.75, 3.05) is 31.1 Å². The van der Waals surface area contributed by atoms with Crippen LogP contribution >= 0.6 is 0 Å². The van der Waals surface area contributed by atoms with Crippen LogP contribution in [0.25, 0.3) is 0 Å². The second kappa shape index (κ2) is 5.98. The molecule has 2 saturated heterocycles. The molecule has 7 heteroatoms. The Bertz CT molecular complexity index is 844. The molecule has 2 fully saturated rings. The Kier molecular flexibility index (Phi) is 3.78. The molecule has 2 aromatic heterocycles. The number of amides is 1. The van der Waals surface area contributed by atoms with Gasteiger partial charge < -0.3 is 14.8 Å². The van der Waals surface area contributed by atoms with Crippen LogP contribution in [-0.2, 0) is 0 Å². The molecule has 0 aromatic carbocycles. The zero-order valence-electron chi connectivity index (χ0n) is 14.4. The normalized spacial score (nSPS) is 22.3. The van der Waals surface area contributed by atoms with Gasteiger partial charge in [-0.05, 0) is 19.9 Å². The summed E-state index contributed by atoms with van der Waals surface area (Å²) in [6.45, 7) is 7.39. The monoisotopic (exact) mass is 339 g/mol. The third kappa shape index (κ3) is 2.79. The Morgan fingerprint density at radius 3 is 2.48 bits per heavy atom. The highest BCUT2D eigenvalue weighted by Crippen LogP contribution is 2.35. The Morgan fingerprint density at radius 2 is 1.84 bits per heavy atom. The number of carbonyl (C=O) groups is 1. The van der Waals surface area contributed by atoms with E-state index in [1.165, 1.54) is 12.3 Å². The van der Waals surface area contributed by atoms with E-state index in [9.17, 15) is 9.59 Å². The van der Waals surface area contributed by atoms with E-state index >= 15 is 0 Å². The quantitative estimate of drug-likeness (QED) is 0.882. The van der Waals surface area contributed by atoms with Gasteiger partial charge in [0, 0.05) is 61.5 Å². The maximum absolute atomic E-state index is 12.6. The first kappa shape index (κ1) is 15.8. The number of aryl methyl sites for hydroxylation is 1. The van der Waals surface area contributed by atoms with E-state index in [-0.39, 0.29) is 11.5 Å². The van der Waals surface area contributed by atoms with Crippen LogP contribution in [0.2, 0.25) is 0 Å². The van der Waals surface area contributed by atoms with Gasteiger partial charge in [0.05, 0.1) is 5.56 Å². The number of aromatic amines is 1. The largest absolute Gasteiger partial charge is 0.356 e. The lowest BCUT2D eigenvalue weighted by Gasteiger charge is -2.23. The zero-order valence-corrected chi connectivity index (χ0v) is 14.4. The van der Waals surface area contributed by atoms with E-state index in [2.05, 4.69) is 26.8 Å². The molecule has 2 unspecified atom stereocenters. The summed E-state index contributed by atoms with van der Waals surface area (Å²) in [4.78, 5) is 39.3. The first-order valence-electron chi connectivity index (χ1n) is 8.54.